The van der Waals surface area contributed by atoms with Gasteiger partial charge < -0.3 is 9.88 Å². The Morgan fingerprint density at radius 3 is 2.75 bits per heavy atom. The maximum absolute atomic E-state index is 13.4. The first kappa shape index (κ1) is 19.2. The molecule has 5 heteroatoms. The topological polar surface area (TPSA) is 59.8 Å². The Bertz CT molecular complexity index is 820. The van der Waals surface area contributed by atoms with Gasteiger partial charge in [0.25, 0.3) is 0 Å². The van der Waals surface area contributed by atoms with Crippen LogP contribution in [0.3, 0.4) is 0 Å². The van der Waals surface area contributed by atoms with Crippen LogP contribution in [-0.2, 0) is 29.6 Å². The summed E-state index contributed by atoms with van der Waals surface area (Å²) in [6, 6.07) is 8.52. The van der Waals surface area contributed by atoms with Crippen LogP contribution in [0.5, 0.6) is 0 Å². The molecule has 1 aromatic heterocycles. The molecule has 0 unspecified atom stereocenters. The van der Waals surface area contributed by atoms with Crippen molar-refractivity contribution in [3.8, 4) is 0 Å². The Kier molecular flexibility index (Phi) is 5.79. The molecule has 1 aliphatic carbocycles. The van der Waals surface area contributed by atoms with E-state index in [9.17, 15) is 4.79 Å². The van der Waals surface area contributed by atoms with Gasteiger partial charge in [-0.05, 0) is 38.2 Å². The average molecular weight is 381 g/mol. The van der Waals surface area contributed by atoms with Gasteiger partial charge in [0.1, 0.15) is 11.6 Å². The van der Waals surface area contributed by atoms with Crippen molar-refractivity contribution in [3.63, 3.8) is 0 Å². The zero-order valence-electron chi connectivity index (χ0n) is 17.0. The summed E-state index contributed by atoms with van der Waals surface area (Å²) in [7, 11) is 0. The number of carbonyl (C=O) groups excluding carboxylic acids is 1. The van der Waals surface area contributed by atoms with Crippen LogP contribution in [0.25, 0.3) is 0 Å². The number of hydrogen-bond acceptors (Lipinski definition) is 3. The Labute approximate surface area is 167 Å². The van der Waals surface area contributed by atoms with Crippen LogP contribution in [0.2, 0.25) is 0 Å². The molecule has 1 fully saturated rings. The summed E-state index contributed by atoms with van der Waals surface area (Å²) in [6.07, 6.45) is 10.8. The minimum absolute atomic E-state index is 0.188. The van der Waals surface area contributed by atoms with Crippen molar-refractivity contribution in [2.45, 2.75) is 83.1 Å². The van der Waals surface area contributed by atoms with Crippen LogP contribution in [-0.4, -0.2) is 27.2 Å². The van der Waals surface area contributed by atoms with E-state index in [0.717, 1.165) is 56.7 Å². The first-order chi connectivity index (χ1) is 13.7. The molecule has 0 radical (unpaired) electrons. The van der Waals surface area contributed by atoms with E-state index in [2.05, 4.69) is 51.3 Å². The molecular weight excluding hydrogens is 348 g/mol. The number of aryl methyl sites for hydroxylation is 2. The van der Waals surface area contributed by atoms with Crippen LogP contribution >= 0.6 is 0 Å². The van der Waals surface area contributed by atoms with Crippen molar-refractivity contribution in [1.29, 1.82) is 0 Å². The van der Waals surface area contributed by atoms with Crippen LogP contribution in [0.1, 0.15) is 74.1 Å². The molecule has 2 aliphatic rings. The third-order valence-electron chi connectivity index (χ3n) is 6.53. The van der Waals surface area contributed by atoms with Crippen molar-refractivity contribution < 1.29 is 4.79 Å². The normalized spacial score (nSPS) is 18.9. The van der Waals surface area contributed by atoms with Gasteiger partial charge in [-0.3, -0.25) is 4.79 Å². The van der Waals surface area contributed by atoms with Gasteiger partial charge >= 0.3 is 0 Å². The van der Waals surface area contributed by atoms with E-state index in [1.54, 1.807) is 0 Å². The van der Waals surface area contributed by atoms with E-state index in [0.29, 0.717) is 6.54 Å². The number of carbonyl (C=O) groups is 1. The Morgan fingerprint density at radius 1 is 1.11 bits per heavy atom. The molecule has 1 saturated carbocycles. The van der Waals surface area contributed by atoms with Gasteiger partial charge in [-0.25, -0.2) is 0 Å². The predicted molar refractivity (Wildman–Crippen MR) is 110 cm³/mol. The molecule has 2 heterocycles. The molecule has 2 aromatic rings. The first-order valence-electron chi connectivity index (χ1n) is 11.0. The molecule has 28 heavy (non-hydrogen) atoms. The van der Waals surface area contributed by atoms with E-state index >= 15 is 0 Å². The smallest absolute Gasteiger partial charge is 0.230 e. The summed E-state index contributed by atoms with van der Waals surface area (Å²) in [5, 5.41) is 12.0. The van der Waals surface area contributed by atoms with Crippen LogP contribution in [0.15, 0.2) is 24.3 Å². The fraction of sp³-hybridized carbons (Fsp3) is 0.609. The van der Waals surface area contributed by atoms with Gasteiger partial charge in [-0.1, -0.05) is 55.5 Å². The summed E-state index contributed by atoms with van der Waals surface area (Å²) in [4.78, 5) is 13.4. The highest BCUT2D eigenvalue weighted by Crippen LogP contribution is 2.40. The second kappa shape index (κ2) is 8.46. The number of nitrogens with zero attached hydrogens (tertiary/aromatic N) is 3. The van der Waals surface area contributed by atoms with Crippen molar-refractivity contribution >= 4 is 5.91 Å². The van der Waals surface area contributed by atoms with E-state index < -0.39 is 0 Å². The Morgan fingerprint density at radius 2 is 1.93 bits per heavy atom. The molecule has 1 aliphatic heterocycles. The lowest BCUT2D eigenvalue weighted by Gasteiger charge is -2.36. The molecule has 1 N–H and O–H groups in total. The summed E-state index contributed by atoms with van der Waals surface area (Å²) in [5.41, 5.74) is 2.04. The van der Waals surface area contributed by atoms with Crippen molar-refractivity contribution in [2.24, 2.45) is 0 Å². The second-order valence-electron chi connectivity index (χ2n) is 8.51. The maximum Gasteiger partial charge on any atom is 0.230 e. The van der Waals surface area contributed by atoms with Gasteiger partial charge in [0.05, 0.1) is 5.41 Å². The monoisotopic (exact) mass is 380 g/mol. The Hall–Kier alpha value is -2.17. The van der Waals surface area contributed by atoms with E-state index in [-0.39, 0.29) is 11.3 Å². The van der Waals surface area contributed by atoms with Gasteiger partial charge in [-0.15, -0.1) is 10.2 Å². The minimum Gasteiger partial charge on any atom is -0.355 e. The van der Waals surface area contributed by atoms with Crippen molar-refractivity contribution in [3.05, 3.63) is 47.0 Å². The highest BCUT2D eigenvalue weighted by atomic mass is 16.2. The quantitative estimate of drug-likeness (QED) is 0.856. The van der Waals surface area contributed by atoms with Crippen LogP contribution < -0.4 is 5.32 Å². The molecule has 0 atom stereocenters. The van der Waals surface area contributed by atoms with Gasteiger partial charge in [0, 0.05) is 25.9 Å². The summed E-state index contributed by atoms with van der Waals surface area (Å²) >= 11 is 0. The largest absolute Gasteiger partial charge is 0.355 e. The third-order valence-corrected chi connectivity index (χ3v) is 6.53. The molecule has 5 nitrogen and oxygen atoms in total. The number of benzene rings is 1. The van der Waals surface area contributed by atoms with Crippen LogP contribution in [0.4, 0.5) is 0 Å². The highest BCUT2D eigenvalue weighted by Gasteiger charge is 2.40. The van der Waals surface area contributed by atoms with Gasteiger partial charge in [0.2, 0.25) is 5.91 Å². The maximum atomic E-state index is 13.4. The molecule has 0 saturated heterocycles. The first-order valence-corrected chi connectivity index (χ1v) is 11.0. The number of hydrogen-bond donors (Lipinski definition) is 1. The molecule has 1 amide bonds. The fourth-order valence-electron chi connectivity index (χ4n) is 4.93. The SMILES string of the molecule is Cc1cccc(C2(C(=O)NCCc3nnc4n3CCCCC4)CCCCC2)c1. The standard InChI is InChI=1S/C23H32N4O/c1-18-9-8-10-19(17-18)23(13-5-3-6-14-23)22(28)24-15-12-21-26-25-20-11-4-2-7-16-27(20)21/h8-10,17H,2-7,11-16H2,1H3,(H,24,28). The van der Waals surface area contributed by atoms with E-state index in [4.69, 9.17) is 0 Å². The van der Waals surface area contributed by atoms with E-state index in [1.165, 1.54) is 36.8 Å². The highest BCUT2D eigenvalue weighted by molar-refractivity contribution is 5.88. The predicted octanol–water partition coefficient (Wildman–Crippen LogP) is 3.87. The summed E-state index contributed by atoms with van der Waals surface area (Å²) < 4.78 is 2.27. The molecule has 0 spiro atoms. The van der Waals surface area contributed by atoms with Crippen LogP contribution in [0, 0.1) is 6.92 Å². The fourth-order valence-corrected chi connectivity index (χ4v) is 4.93. The number of amides is 1. The zero-order chi connectivity index (χ0) is 19.4. The minimum atomic E-state index is -0.369. The molecule has 1 aromatic carbocycles. The lowest BCUT2D eigenvalue weighted by molar-refractivity contribution is -0.128. The molecule has 0 bridgehead atoms. The van der Waals surface area contributed by atoms with E-state index in [1.807, 2.05) is 0 Å². The summed E-state index contributed by atoms with van der Waals surface area (Å²) in [5.74, 6) is 2.32. The van der Waals surface area contributed by atoms with Crippen molar-refractivity contribution in [2.75, 3.05) is 6.54 Å². The van der Waals surface area contributed by atoms with Crippen molar-refractivity contribution in [1.82, 2.24) is 20.1 Å². The van der Waals surface area contributed by atoms with Gasteiger partial charge in [0.15, 0.2) is 0 Å². The number of rotatable bonds is 5. The third kappa shape index (κ3) is 3.85. The average Bonchev–Trinajstić information content (AvgIpc) is 2.94. The summed E-state index contributed by atoms with van der Waals surface area (Å²) in [6.45, 7) is 3.75. The second-order valence-corrected chi connectivity index (χ2v) is 8.51. The zero-order valence-corrected chi connectivity index (χ0v) is 17.0. The number of aromatic nitrogens is 3. The van der Waals surface area contributed by atoms with Gasteiger partial charge in [-0.2, -0.15) is 0 Å². The molecule has 4 rings (SSSR count). The number of fused-ring (bicyclic) bond motifs is 1. The molecular formula is C23H32N4O. The number of nitrogens with one attached hydrogen (secondary N) is 1. The Balaban J connectivity index is 1.45. The molecule has 150 valence electrons. The lowest BCUT2D eigenvalue weighted by atomic mass is 9.68. The lowest BCUT2D eigenvalue weighted by Crippen LogP contribution is -2.46.